The molecule has 2 aromatic carbocycles. The monoisotopic (exact) mass is 311 g/mol. The van der Waals surface area contributed by atoms with Gasteiger partial charge in [0.25, 0.3) is 11.6 Å². The van der Waals surface area contributed by atoms with Crippen LogP contribution in [0.3, 0.4) is 0 Å². The van der Waals surface area contributed by atoms with Crippen LogP contribution in [-0.4, -0.2) is 16.5 Å². The van der Waals surface area contributed by atoms with Gasteiger partial charge in [-0.1, -0.05) is 29.8 Å². The van der Waals surface area contributed by atoms with Crippen molar-refractivity contribution in [2.45, 2.75) is 20.8 Å². The number of hydrogen-bond donors (Lipinski definition) is 1. The van der Waals surface area contributed by atoms with Crippen LogP contribution in [0.2, 0.25) is 0 Å². The summed E-state index contributed by atoms with van der Waals surface area (Å²) in [7, 11) is 0. The fourth-order valence-electron chi connectivity index (χ4n) is 2.06. The van der Waals surface area contributed by atoms with E-state index in [9.17, 15) is 14.9 Å². The third-order valence-electron chi connectivity index (χ3n) is 3.45. The number of aryl methyl sites for hydroxylation is 2. The summed E-state index contributed by atoms with van der Waals surface area (Å²) in [5.41, 5.74) is 5.95. The predicted octanol–water partition coefficient (Wildman–Crippen LogP) is 3.37. The van der Waals surface area contributed by atoms with E-state index in [1.54, 1.807) is 13.8 Å². The third kappa shape index (κ3) is 4.00. The zero-order chi connectivity index (χ0) is 17.0. The van der Waals surface area contributed by atoms with Crippen molar-refractivity contribution in [1.82, 2.24) is 5.43 Å². The van der Waals surface area contributed by atoms with Crippen LogP contribution in [-0.2, 0) is 0 Å². The van der Waals surface area contributed by atoms with Gasteiger partial charge in [-0.05, 0) is 38.5 Å². The lowest BCUT2D eigenvalue weighted by Crippen LogP contribution is -2.19. The van der Waals surface area contributed by atoms with Gasteiger partial charge in [0.15, 0.2) is 0 Å². The molecule has 1 amide bonds. The molecule has 6 nitrogen and oxygen atoms in total. The Morgan fingerprint density at radius 1 is 1.09 bits per heavy atom. The average molecular weight is 311 g/mol. The molecule has 1 N–H and O–H groups in total. The van der Waals surface area contributed by atoms with E-state index in [1.807, 2.05) is 31.2 Å². The number of carbonyl (C=O) groups is 1. The quantitative estimate of drug-likeness (QED) is 0.533. The van der Waals surface area contributed by atoms with Gasteiger partial charge in [-0.15, -0.1) is 0 Å². The van der Waals surface area contributed by atoms with E-state index in [0.29, 0.717) is 16.8 Å². The van der Waals surface area contributed by atoms with Crippen molar-refractivity contribution >= 4 is 17.3 Å². The number of nitro benzene ring substituents is 1. The highest BCUT2D eigenvalue weighted by Crippen LogP contribution is 2.18. The number of nitrogens with zero attached hydrogens (tertiary/aromatic N) is 2. The highest BCUT2D eigenvalue weighted by Gasteiger charge is 2.13. The van der Waals surface area contributed by atoms with Gasteiger partial charge >= 0.3 is 0 Å². The van der Waals surface area contributed by atoms with Crippen molar-refractivity contribution in [2.75, 3.05) is 0 Å². The first-order valence-corrected chi connectivity index (χ1v) is 7.05. The number of hydrazone groups is 1. The maximum absolute atomic E-state index is 12.1. The van der Waals surface area contributed by atoms with Crippen molar-refractivity contribution in [3.05, 3.63) is 74.8 Å². The number of nitrogens with one attached hydrogen (secondary N) is 1. The van der Waals surface area contributed by atoms with Gasteiger partial charge in [-0.2, -0.15) is 5.10 Å². The van der Waals surface area contributed by atoms with E-state index in [1.165, 1.54) is 18.2 Å². The Bertz CT molecular complexity index is 780. The number of nitro groups is 1. The van der Waals surface area contributed by atoms with Gasteiger partial charge in [0, 0.05) is 17.2 Å². The van der Waals surface area contributed by atoms with Crippen LogP contribution in [0.15, 0.2) is 47.6 Å². The van der Waals surface area contributed by atoms with Crippen LogP contribution in [0.5, 0.6) is 0 Å². The summed E-state index contributed by atoms with van der Waals surface area (Å²) in [4.78, 5) is 22.4. The summed E-state index contributed by atoms with van der Waals surface area (Å²) in [6.45, 7) is 5.39. The van der Waals surface area contributed by atoms with Crippen molar-refractivity contribution in [2.24, 2.45) is 5.10 Å². The van der Waals surface area contributed by atoms with Crippen LogP contribution in [0, 0.1) is 24.0 Å². The molecule has 0 saturated carbocycles. The van der Waals surface area contributed by atoms with Crippen LogP contribution in [0.1, 0.15) is 34.0 Å². The summed E-state index contributed by atoms with van der Waals surface area (Å²) < 4.78 is 0. The van der Waals surface area contributed by atoms with Crippen LogP contribution >= 0.6 is 0 Å². The van der Waals surface area contributed by atoms with Crippen LogP contribution in [0.4, 0.5) is 5.69 Å². The third-order valence-corrected chi connectivity index (χ3v) is 3.45. The lowest BCUT2D eigenvalue weighted by atomic mass is 10.1. The maximum atomic E-state index is 12.1. The second-order valence-corrected chi connectivity index (χ2v) is 5.26. The molecule has 0 heterocycles. The highest BCUT2D eigenvalue weighted by molar-refractivity contribution is 6.01. The molecule has 2 rings (SSSR count). The second-order valence-electron chi connectivity index (χ2n) is 5.26. The van der Waals surface area contributed by atoms with Gasteiger partial charge < -0.3 is 0 Å². The highest BCUT2D eigenvalue weighted by atomic mass is 16.6. The molecule has 0 bridgehead atoms. The van der Waals surface area contributed by atoms with Gasteiger partial charge in [0.05, 0.1) is 10.6 Å². The zero-order valence-corrected chi connectivity index (χ0v) is 13.2. The van der Waals surface area contributed by atoms with Crippen molar-refractivity contribution in [1.29, 1.82) is 0 Å². The van der Waals surface area contributed by atoms with Gasteiger partial charge in [-0.3, -0.25) is 14.9 Å². The van der Waals surface area contributed by atoms with Gasteiger partial charge in [0.2, 0.25) is 0 Å². The largest absolute Gasteiger partial charge is 0.272 e. The minimum absolute atomic E-state index is 0.0131. The number of rotatable bonds is 4. The Kier molecular flexibility index (Phi) is 4.85. The summed E-state index contributed by atoms with van der Waals surface area (Å²) in [6, 6.07) is 12.0. The lowest BCUT2D eigenvalue weighted by Gasteiger charge is -2.04. The Labute approximate surface area is 134 Å². The molecule has 0 spiro atoms. The second kappa shape index (κ2) is 6.83. The molecule has 0 aliphatic rings. The fraction of sp³-hybridized carbons (Fsp3) is 0.176. The summed E-state index contributed by atoms with van der Waals surface area (Å²) in [6.07, 6.45) is 0. The molecule has 0 saturated heterocycles. The smallest absolute Gasteiger partial charge is 0.267 e. The summed E-state index contributed by atoms with van der Waals surface area (Å²) in [5.74, 6) is -0.408. The van der Waals surface area contributed by atoms with Crippen molar-refractivity contribution in [3.8, 4) is 0 Å². The number of hydrogen-bond acceptors (Lipinski definition) is 4. The molecule has 0 unspecified atom stereocenters. The van der Waals surface area contributed by atoms with E-state index in [0.717, 1.165) is 11.1 Å². The van der Waals surface area contributed by atoms with E-state index >= 15 is 0 Å². The first-order chi connectivity index (χ1) is 10.9. The molecule has 118 valence electrons. The summed E-state index contributed by atoms with van der Waals surface area (Å²) >= 11 is 0. The molecule has 6 heteroatoms. The SMILES string of the molecule is C/C(=N\NC(=O)c1ccc([N+](=O)[O-])c(C)c1)c1ccc(C)cc1. The van der Waals surface area contributed by atoms with Crippen LogP contribution in [0.25, 0.3) is 0 Å². The van der Waals surface area contributed by atoms with E-state index in [2.05, 4.69) is 10.5 Å². The fourth-order valence-corrected chi connectivity index (χ4v) is 2.06. The van der Waals surface area contributed by atoms with Gasteiger partial charge in [0.1, 0.15) is 0 Å². The topological polar surface area (TPSA) is 84.6 Å². The first-order valence-electron chi connectivity index (χ1n) is 7.05. The standard InChI is InChI=1S/C17H17N3O3/c1-11-4-6-14(7-5-11)13(3)18-19-17(21)15-8-9-16(20(22)23)12(2)10-15/h4-10H,1-3H3,(H,19,21)/b18-13+. The van der Waals surface area contributed by atoms with Crippen molar-refractivity contribution < 1.29 is 9.72 Å². The van der Waals surface area contributed by atoms with E-state index in [4.69, 9.17) is 0 Å². The molecule has 0 aromatic heterocycles. The molecule has 0 aliphatic heterocycles. The molecule has 0 atom stereocenters. The molecule has 0 aliphatic carbocycles. The number of benzene rings is 2. The Hall–Kier alpha value is -3.02. The number of carbonyl (C=O) groups excluding carboxylic acids is 1. The minimum Gasteiger partial charge on any atom is -0.267 e. The van der Waals surface area contributed by atoms with Gasteiger partial charge in [-0.25, -0.2) is 5.43 Å². The Balaban J connectivity index is 2.12. The predicted molar refractivity (Wildman–Crippen MR) is 88.7 cm³/mol. The average Bonchev–Trinajstić information content (AvgIpc) is 2.52. The maximum Gasteiger partial charge on any atom is 0.272 e. The minimum atomic E-state index is -0.475. The van der Waals surface area contributed by atoms with Crippen molar-refractivity contribution in [3.63, 3.8) is 0 Å². The molecule has 2 aromatic rings. The number of amides is 1. The molecule has 23 heavy (non-hydrogen) atoms. The van der Waals surface area contributed by atoms with E-state index in [-0.39, 0.29) is 5.69 Å². The zero-order valence-electron chi connectivity index (χ0n) is 13.2. The molecule has 0 fully saturated rings. The Morgan fingerprint density at radius 2 is 1.70 bits per heavy atom. The molecular weight excluding hydrogens is 294 g/mol. The van der Waals surface area contributed by atoms with Crippen LogP contribution < -0.4 is 5.43 Å². The first kappa shape index (κ1) is 16.4. The Morgan fingerprint density at radius 3 is 2.26 bits per heavy atom. The van der Waals surface area contributed by atoms with E-state index < -0.39 is 10.8 Å². The lowest BCUT2D eigenvalue weighted by molar-refractivity contribution is -0.385. The molecule has 0 radical (unpaired) electrons. The molecular formula is C17H17N3O3. The summed E-state index contributed by atoms with van der Waals surface area (Å²) in [5, 5.41) is 14.9. The normalized spacial score (nSPS) is 11.2.